The van der Waals surface area contributed by atoms with E-state index in [9.17, 15) is 0 Å². The van der Waals surface area contributed by atoms with E-state index in [1.54, 1.807) is 15.9 Å². The third-order valence-corrected chi connectivity index (χ3v) is 3.74. The number of thiazole rings is 1. The van der Waals surface area contributed by atoms with Gasteiger partial charge in [0.2, 0.25) is 5.95 Å². The van der Waals surface area contributed by atoms with E-state index in [0.29, 0.717) is 12.5 Å². The van der Waals surface area contributed by atoms with Crippen molar-refractivity contribution in [3.05, 3.63) is 40.0 Å². The summed E-state index contributed by atoms with van der Waals surface area (Å²) in [6.45, 7) is 4.75. The predicted molar refractivity (Wildman–Crippen MR) is 71.9 cm³/mol. The number of nitrogens with one attached hydrogen (secondary N) is 1. The SMILES string of the molecule is Cc1ncsc1CNc1nc2c(C)cccn2n1. The van der Waals surface area contributed by atoms with E-state index in [4.69, 9.17) is 0 Å². The van der Waals surface area contributed by atoms with Gasteiger partial charge in [-0.1, -0.05) is 6.07 Å². The summed E-state index contributed by atoms with van der Waals surface area (Å²) < 4.78 is 1.79. The number of aromatic nitrogens is 4. The molecule has 5 nitrogen and oxygen atoms in total. The molecule has 0 radical (unpaired) electrons. The predicted octanol–water partition coefficient (Wildman–Crippen LogP) is 2.41. The largest absolute Gasteiger partial charge is 0.348 e. The zero-order valence-corrected chi connectivity index (χ0v) is 11.0. The molecule has 92 valence electrons. The molecule has 0 aromatic carbocycles. The van der Waals surface area contributed by atoms with Gasteiger partial charge in [0, 0.05) is 11.1 Å². The Bertz CT molecular complexity index is 685. The first-order valence-corrected chi connectivity index (χ1v) is 6.57. The van der Waals surface area contributed by atoms with Gasteiger partial charge in [-0.05, 0) is 25.5 Å². The van der Waals surface area contributed by atoms with Crippen LogP contribution in [0, 0.1) is 13.8 Å². The number of fused-ring (bicyclic) bond motifs is 1. The maximum atomic E-state index is 4.47. The van der Waals surface area contributed by atoms with E-state index < -0.39 is 0 Å². The molecule has 18 heavy (non-hydrogen) atoms. The van der Waals surface area contributed by atoms with E-state index in [0.717, 1.165) is 16.9 Å². The van der Waals surface area contributed by atoms with E-state index in [1.165, 1.54) is 4.88 Å². The van der Waals surface area contributed by atoms with Crippen LogP contribution < -0.4 is 5.32 Å². The van der Waals surface area contributed by atoms with Gasteiger partial charge in [-0.15, -0.1) is 16.4 Å². The lowest BCUT2D eigenvalue weighted by molar-refractivity contribution is 0.946. The van der Waals surface area contributed by atoms with Gasteiger partial charge in [-0.25, -0.2) is 9.50 Å². The van der Waals surface area contributed by atoms with Crippen molar-refractivity contribution in [1.82, 2.24) is 19.6 Å². The third-order valence-electron chi connectivity index (χ3n) is 2.81. The van der Waals surface area contributed by atoms with Crippen LogP contribution in [0.3, 0.4) is 0 Å². The first-order chi connectivity index (χ1) is 8.74. The van der Waals surface area contributed by atoms with Crippen molar-refractivity contribution in [3.8, 4) is 0 Å². The molecule has 0 saturated heterocycles. The summed E-state index contributed by atoms with van der Waals surface area (Å²) in [6.07, 6.45) is 1.90. The monoisotopic (exact) mass is 259 g/mol. The Hall–Kier alpha value is -1.95. The Morgan fingerprint density at radius 1 is 1.39 bits per heavy atom. The molecular weight excluding hydrogens is 246 g/mol. The summed E-state index contributed by atoms with van der Waals surface area (Å²) in [5, 5.41) is 7.61. The van der Waals surface area contributed by atoms with Crippen LogP contribution in [0.25, 0.3) is 5.65 Å². The van der Waals surface area contributed by atoms with Crippen LogP contribution in [0.15, 0.2) is 23.8 Å². The summed E-state index contributed by atoms with van der Waals surface area (Å²) >= 11 is 1.64. The summed E-state index contributed by atoms with van der Waals surface area (Å²) in [5.74, 6) is 0.650. The molecule has 3 aromatic rings. The molecule has 0 fully saturated rings. The summed E-state index contributed by atoms with van der Waals surface area (Å²) in [5.41, 5.74) is 4.92. The van der Waals surface area contributed by atoms with Crippen molar-refractivity contribution in [2.45, 2.75) is 20.4 Å². The molecule has 0 saturated carbocycles. The van der Waals surface area contributed by atoms with Crippen LogP contribution >= 0.6 is 11.3 Å². The van der Waals surface area contributed by atoms with Crippen LogP contribution in [0.1, 0.15) is 16.1 Å². The number of aryl methyl sites for hydroxylation is 2. The summed E-state index contributed by atoms with van der Waals surface area (Å²) in [6, 6.07) is 4.00. The Morgan fingerprint density at radius 2 is 2.28 bits per heavy atom. The fraction of sp³-hybridized carbons (Fsp3) is 0.250. The van der Waals surface area contributed by atoms with Gasteiger partial charge >= 0.3 is 0 Å². The molecule has 3 aromatic heterocycles. The maximum Gasteiger partial charge on any atom is 0.243 e. The molecule has 6 heteroatoms. The second-order valence-electron chi connectivity index (χ2n) is 4.11. The van der Waals surface area contributed by atoms with E-state index in [1.807, 2.05) is 37.7 Å². The van der Waals surface area contributed by atoms with Crippen molar-refractivity contribution in [2.24, 2.45) is 0 Å². The van der Waals surface area contributed by atoms with Gasteiger partial charge in [0.25, 0.3) is 0 Å². The van der Waals surface area contributed by atoms with Gasteiger partial charge in [0.1, 0.15) is 0 Å². The fourth-order valence-corrected chi connectivity index (χ4v) is 2.49. The van der Waals surface area contributed by atoms with E-state index >= 15 is 0 Å². The second-order valence-corrected chi connectivity index (χ2v) is 5.05. The zero-order chi connectivity index (χ0) is 12.5. The number of rotatable bonds is 3. The third kappa shape index (κ3) is 1.95. The Morgan fingerprint density at radius 3 is 3.00 bits per heavy atom. The summed E-state index contributed by atoms with van der Waals surface area (Å²) in [4.78, 5) is 9.90. The molecule has 0 bridgehead atoms. The number of pyridine rings is 1. The molecule has 0 aliphatic carbocycles. The van der Waals surface area contributed by atoms with Crippen LogP contribution in [0.5, 0.6) is 0 Å². The van der Waals surface area contributed by atoms with E-state index in [2.05, 4.69) is 20.4 Å². The van der Waals surface area contributed by atoms with Crippen LogP contribution in [-0.4, -0.2) is 19.6 Å². The number of hydrogen-bond donors (Lipinski definition) is 1. The molecule has 0 unspecified atom stereocenters. The first-order valence-electron chi connectivity index (χ1n) is 5.69. The van der Waals surface area contributed by atoms with Crippen molar-refractivity contribution in [1.29, 1.82) is 0 Å². The minimum atomic E-state index is 0.650. The normalized spacial score (nSPS) is 11.0. The molecular formula is C12H13N5S. The van der Waals surface area contributed by atoms with Crippen molar-refractivity contribution >= 4 is 22.9 Å². The van der Waals surface area contributed by atoms with Gasteiger partial charge in [0.05, 0.1) is 17.7 Å². The lowest BCUT2D eigenvalue weighted by Gasteiger charge is -1.98. The van der Waals surface area contributed by atoms with Crippen LogP contribution in [-0.2, 0) is 6.54 Å². The Labute approximate surface area is 109 Å². The molecule has 3 heterocycles. The highest BCUT2D eigenvalue weighted by molar-refractivity contribution is 7.09. The lowest BCUT2D eigenvalue weighted by Crippen LogP contribution is -2.00. The minimum Gasteiger partial charge on any atom is -0.348 e. The second kappa shape index (κ2) is 4.38. The average molecular weight is 259 g/mol. The van der Waals surface area contributed by atoms with Crippen molar-refractivity contribution in [2.75, 3.05) is 5.32 Å². The van der Waals surface area contributed by atoms with E-state index in [-0.39, 0.29) is 0 Å². The molecule has 0 amide bonds. The number of hydrogen-bond acceptors (Lipinski definition) is 5. The van der Waals surface area contributed by atoms with Gasteiger partial charge in [-0.3, -0.25) is 0 Å². The number of anilines is 1. The maximum absolute atomic E-state index is 4.47. The molecule has 1 N–H and O–H groups in total. The van der Waals surface area contributed by atoms with Gasteiger partial charge in [-0.2, -0.15) is 4.98 Å². The minimum absolute atomic E-state index is 0.650. The highest BCUT2D eigenvalue weighted by Crippen LogP contribution is 2.15. The highest BCUT2D eigenvalue weighted by Gasteiger charge is 2.06. The van der Waals surface area contributed by atoms with Gasteiger partial charge in [0.15, 0.2) is 5.65 Å². The molecule has 0 aliphatic heterocycles. The Kier molecular flexibility index (Phi) is 2.71. The molecule has 0 spiro atoms. The van der Waals surface area contributed by atoms with Crippen molar-refractivity contribution in [3.63, 3.8) is 0 Å². The van der Waals surface area contributed by atoms with Crippen LogP contribution in [0.4, 0.5) is 5.95 Å². The first kappa shape index (κ1) is 11.2. The quantitative estimate of drug-likeness (QED) is 0.784. The van der Waals surface area contributed by atoms with Crippen molar-refractivity contribution < 1.29 is 0 Å². The standard InChI is InChI=1S/C12H13N5S/c1-8-4-3-5-17-11(8)15-12(16-17)13-6-10-9(2)14-7-18-10/h3-5,7H,6H2,1-2H3,(H,13,16). The zero-order valence-electron chi connectivity index (χ0n) is 10.2. The lowest BCUT2D eigenvalue weighted by atomic mass is 10.3. The topological polar surface area (TPSA) is 55.1 Å². The molecule has 0 aliphatic rings. The highest BCUT2D eigenvalue weighted by atomic mass is 32.1. The molecule has 0 atom stereocenters. The Balaban J connectivity index is 1.83. The fourth-order valence-electron chi connectivity index (χ4n) is 1.77. The number of nitrogens with zero attached hydrogens (tertiary/aromatic N) is 4. The van der Waals surface area contributed by atoms with Crippen LogP contribution in [0.2, 0.25) is 0 Å². The summed E-state index contributed by atoms with van der Waals surface area (Å²) in [7, 11) is 0. The van der Waals surface area contributed by atoms with Gasteiger partial charge < -0.3 is 5.32 Å². The molecule has 3 rings (SSSR count). The smallest absolute Gasteiger partial charge is 0.243 e. The average Bonchev–Trinajstić information content (AvgIpc) is 2.93.